The number of aliphatic imine (C=N–C) groups is 2. The molecule has 0 bridgehead atoms. The van der Waals surface area contributed by atoms with Gasteiger partial charge in [-0.3, -0.25) is 0 Å². The number of rotatable bonds is 7. The van der Waals surface area contributed by atoms with Crippen LogP contribution in [-0.4, -0.2) is 11.5 Å². The molecule has 0 unspecified atom stereocenters. The molecule has 0 radical (unpaired) electrons. The topological polar surface area (TPSA) is 24.7 Å². The summed E-state index contributed by atoms with van der Waals surface area (Å²) >= 11 is 0. The summed E-state index contributed by atoms with van der Waals surface area (Å²) in [5.74, 6) is 0.640. The Balaban J connectivity index is 1.65. The lowest BCUT2D eigenvalue weighted by molar-refractivity contribution is 1.04. The second-order valence-corrected chi connectivity index (χ2v) is 8.79. The predicted octanol–water partition coefficient (Wildman–Crippen LogP) is 9.02. The van der Waals surface area contributed by atoms with Crippen LogP contribution in [0, 0.1) is 0 Å². The molecule has 0 aliphatic heterocycles. The Morgan fingerprint density at radius 3 is 1.89 bits per heavy atom. The van der Waals surface area contributed by atoms with Crippen LogP contribution in [0.25, 0.3) is 11.3 Å². The van der Waals surface area contributed by atoms with E-state index < -0.39 is 0 Å². The molecule has 2 nitrogen and oxygen atoms in total. The number of amidine groups is 1. The Bertz CT molecular complexity index is 1430. The lowest BCUT2D eigenvalue weighted by Gasteiger charge is -2.12. The van der Waals surface area contributed by atoms with Crippen molar-refractivity contribution in [1.82, 2.24) is 0 Å². The van der Waals surface area contributed by atoms with E-state index in [-0.39, 0.29) is 0 Å². The van der Waals surface area contributed by atoms with Crippen molar-refractivity contribution in [2.45, 2.75) is 19.8 Å². The number of allylic oxidation sites excluding steroid dienone is 8. The predicted molar refractivity (Wildman–Crippen MR) is 161 cm³/mol. The van der Waals surface area contributed by atoms with Gasteiger partial charge in [-0.15, -0.1) is 0 Å². The summed E-state index contributed by atoms with van der Waals surface area (Å²) in [6, 6.07) is 28.6. The quantitative estimate of drug-likeness (QED) is 0.238. The van der Waals surface area contributed by atoms with Crippen LogP contribution < -0.4 is 0 Å². The van der Waals surface area contributed by atoms with Crippen molar-refractivity contribution in [1.29, 1.82) is 0 Å². The molecule has 0 fully saturated rings. The number of hydrogen-bond donors (Lipinski definition) is 0. The van der Waals surface area contributed by atoms with Crippen LogP contribution in [0.15, 0.2) is 156 Å². The summed E-state index contributed by atoms with van der Waals surface area (Å²) in [7, 11) is 0. The third-order valence-electron chi connectivity index (χ3n) is 6.27. The van der Waals surface area contributed by atoms with Crippen molar-refractivity contribution < 1.29 is 0 Å². The van der Waals surface area contributed by atoms with Gasteiger partial charge < -0.3 is 0 Å². The first kappa shape index (κ1) is 25.5. The molecule has 0 saturated carbocycles. The molecular formula is C35H32N2. The largest absolute Gasteiger partial charge is 0.233 e. The maximum Gasteiger partial charge on any atom is 0.160 e. The second-order valence-electron chi connectivity index (χ2n) is 8.79. The summed E-state index contributed by atoms with van der Waals surface area (Å²) < 4.78 is 0. The Morgan fingerprint density at radius 1 is 0.676 bits per heavy atom. The maximum atomic E-state index is 4.89. The highest BCUT2D eigenvalue weighted by molar-refractivity contribution is 6.12. The molecule has 3 aromatic rings. The van der Waals surface area contributed by atoms with E-state index in [2.05, 4.69) is 74.4 Å². The van der Waals surface area contributed by atoms with Gasteiger partial charge in [0, 0.05) is 11.3 Å². The highest BCUT2D eigenvalue weighted by atomic mass is 14.9. The highest BCUT2D eigenvalue weighted by Gasteiger charge is 2.09. The molecule has 4 rings (SSSR count). The standard InChI is InChI=1S/C35H32N2/c1-5-28-15-13-14-20-34(25-29(28)6-2)32-23-21-31(22-24-32)27(4)37-35(33-18-11-8-12-19-33)36-26(3)30-16-9-7-10-17-30/h5-12,15-25H,1-2,4,13-14H2,3H3/b28-15+,29-25-,34-20+,36-26?,37-35?. The molecule has 0 amide bonds. The van der Waals surface area contributed by atoms with Crippen LogP contribution in [0.5, 0.6) is 0 Å². The minimum atomic E-state index is 0.640. The zero-order valence-electron chi connectivity index (χ0n) is 21.4. The first-order valence-electron chi connectivity index (χ1n) is 12.5. The molecule has 3 aromatic carbocycles. The molecule has 0 spiro atoms. The fraction of sp³-hybridized carbons (Fsp3) is 0.0857. The molecule has 0 heterocycles. The van der Waals surface area contributed by atoms with Gasteiger partial charge in [0.05, 0.1) is 5.70 Å². The molecule has 2 heteroatoms. The molecule has 37 heavy (non-hydrogen) atoms. The molecule has 0 N–H and O–H groups in total. The lowest BCUT2D eigenvalue weighted by atomic mass is 9.94. The Hall–Kier alpha value is -4.56. The minimum Gasteiger partial charge on any atom is -0.233 e. The lowest BCUT2D eigenvalue weighted by Crippen LogP contribution is -2.04. The van der Waals surface area contributed by atoms with Crippen LogP contribution in [-0.2, 0) is 0 Å². The average molecular weight is 481 g/mol. The van der Waals surface area contributed by atoms with Crippen LogP contribution >= 0.6 is 0 Å². The van der Waals surface area contributed by atoms with E-state index in [0.29, 0.717) is 11.5 Å². The Labute approximate surface area is 220 Å². The van der Waals surface area contributed by atoms with E-state index in [1.807, 2.05) is 67.6 Å². The number of benzene rings is 3. The molecular weight excluding hydrogens is 448 g/mol. The second kappa shape index (κ2) is 12.4. The van der Waals surface area contributed by atoms with Gasteiger partial charge in [-0.25, -0.2) is 9.98 Å². The van der Waals surface area contributed by atoms with Crippen molar-refractivity contribution in [2.24, 2.45) is 9.98 Å². The molecule has 0 saturated heterocycles. The van der Waals surface area contributed by atoms with E-state index in [1.165, 1.54) is 5.57 Å². The summed E-state index contributed by atoms with van der Waals surface area (Å²) in [6.45, 7) is 14.2. The zero-order chi connectivity index (χ0) is 26.0. The van der Waals surface area contributed by atoms with Crippen LogP contribution in [0.2, 0.25) is 0 Å². The fourth-order valence-corrected chi connectivity index (χ4v) is 4.18. The van der Waals surface area contributed by atoms with Crippen molar-refractivity contribution in [3.63, 3.8) is 0 Å². The molecule has 182 valence electrons. The number of hydrogen-bond acceptors (Lipinski definition) is 1. The van der Waals surface area contributed by atoms with Gasteiger partial charge >= 0.3 is 0 Å². The summed E-state index contributed by atoms with van der Waals surface area (Å²) in [5.41, 5.74) is 9.07. The molecule has 1 aliphatic carbocycles. The van der Waals surface area contributed by atoms with Gasteiger partial charge in [0.1, 0.15) is 0 Å². The average Bonchev–Trinajstić information content (AvgIpc) is 2.94. The molecule has 0 atom stereocenters. The smallest absolute Gasteiger partial charge is 0.160 e. The maximum absolute atomic E-state index is 4.89. The third-order valence-corrected chi connectivity index (χ3v) is 6.27. The van der Waals surface area contributed by atoms with Gasteiger partial charge in [0.25, 0.3) is 0 Å². The fourth-order valence-electron chi connectivity index (χ4n) is 4.18. The van der Waals surface area contributed by atoms with Gasteiger partial charge in [0.2, 0.25) is 0 Å². The van der Waals surface area contributed by atoms with E-state index >= 15 is 0 Å². The SMILES string of the molecule is C=CC1=C/C(c2ccc(C(=C)N=C(N=C(C)c3ccccc3)c3ccccc3)cc2)=C\CC\C=C\1C=C. The van der Waals surface area contributed by atoms with Crippen LogP contribution in [0.1, 0.15) is 42.0 Å². The normalized spacial score (nSPS) is 18.7. The van der Waals surface area contributed by atoms with Crippen molar-refractivity contribution >= 4 is 22.8 Å². The Morgan fingerprint density at radius 2 is 1.27 bits per heavy atom. The summed E-state index contributed by atoms with van der Waals surface area (Å²) in [4.78, 5) is 9.77. The van der Waals surface area contributed by atoms with E-state index in [4.69, 9.17) is 9.98 Å². The van der Waals surface area contributed by atoms with Crippen molar-refractivity contribution in [3.05, 3.63) is 168 Å². The van der Waals surface area contributed by atoms with Gasteiger partial charge in [-0.2, -0.15) is 0 Å². The zero-order valence-corrected chi connectivity index (χ0v) is 21.4. The summed E-state index contributed by atoms with van der Waals surface area (Å²) in [6.07, 6.45) is 12.4. The van der Waals surface area contributed by atoms with Gasteiger partial charge in [0.15, 0.2) is 5.84 Å². The highest BCUT2D eigenvalue weighted by Crippen LogP contribution is 2.27. The molecule has 1 aliphatic rings. The van der Waals surface area contributed by atoms with Gasteiger partial charge in [-0.1, -0.05) is 129 Å². The van der Waals surface area contributed by atoms with E-state index in [9.17, 15) is 0 Å². The van der Waals surface area contributed by atoms with E-state index in [0.717, 1.165) is 52.0 Å². The Kier molecular flexibility index (Phi) is 8.57. The first-order chi connectivity index (χ1) is 18.1. The number of nitrogens with zero attached hydrogens (tertiary/aromatic N) is 2. The van der Waals surface area contributed by atoms with Crippen LogP contribution in [0.3, 0.4) is 0 Å². The van der Waals surface area contributed by atoms with Gasteiger partial charge in [-0.05, 0) is 59.3 Å². The monoisotopic (exact) mass is 480 g/mol. The van der Waals surface area contributed by atoms with Crippen molar-refractivity contribution in [3.8, 4) is 0 Å². The van der Waals surface area contributed by atoms with Crippen LogP contribution in [0.4, 0.5) is 0 Å². The third kappa shape index (κ3) is 6.56. The van der Waals surface area contributed by atoms with E-state index in [1.54, 1.807) is 0 Å². The first-order valence-corrected chi connectivity index (χ1v) is 12.5. The summed E-state index contributed by atoms with van der Waals surface area (Å²) in [5, 5.41) is 0. The van der Waals surface area contributed by atoms with Crippen molar-refractivity contribution in [2.75, 3.05) is 0 Å². The molecule has 0 aromatic heterocycles. The minimum absolute atomic E-state index is 0.640.